The molecule has 0 saturated carbocycles. The molecule has 0 atom stereocenters. The van der Waals surface area contributed by atoms with Crippen LogP contribution in [0.25, 0.3) is 0 Å². The van der Waals surface area contributed by atoms with Crippen molar-refractivity contribution in [3.63, 3.8) is 0 Å². The number of hydrogen-bond acceptors (Lipinski definition) is 5. The molecule has 0 saturated heterocycles. The van der Waals surface area contributed by atoms with Crippen LogP contribution in [0.2, 0.25) is 0 Å². The molecule has 4 N–H and O–H groups in total. The van der Waals surface area contributed by atoms with Gasteiger partial charge in [-0.05, 0) is 12.1 Å². The molecule has 1 aromatic heterocycles. The first kappa shape index (κ1) is 14.8. The number of nitrogens with two attached hydrogens (primary N) is 1. The zero-order valence-corrected chi connectivity index (χ0v) is 12.5. The molecule has 1 aromatic carbocycles. The predicted octanol–water partition coefficient (Wildman–Crippen LogP) is 1.95. The van der Waals surface area contributed by atoms with Gasteiger partial charge in [-0.3, -0.25) is 9.89 Å². The van der Waals surface area contributed by atoms with Crippen molar-refractivity contribution in [1.82, 2.24) is 15.2 Å². The highest BCUT2D eigenvalue weighted by Gasteiger charge is 2.21. The first-order valence-electron chi connectivity index (χ1n) is 6.49. The quantitative estimate of drug-likeness (QED) is 0.749. The van der Waals surface area contributed by atoms with Crippen molar-refractivity contribution in [1.29, 1.82) is 0 Å². The number of ether oxygens (including phenoxy) is 1. The summed E-state index contributed by atoms with van der Waals surface area (Å²) >= 11 is 0. The van der Waals surface area contributed by atoms with Gasteiger partial charge in [-0.1, -0.05) is 20.8 Å². The average molecular weight is 289 g/mol. The summed E-state index contributed by atoms with van der Waals surface area (Å²) in [7, 11) is 1.52. The lowest BCUT2D eigenvalue weighted by atomic mass is 9.96. The number of amides is 1. The minimum atomic E-state index is -0.395. The van der Waals surface area contributed by atoms with E-state index in [1.165, 1.54) is 7.11 Å². The summed E-state index contributed by atoms with van der Waals surface area (Å²) in [5.41, 5.74) is 6.59. The van der Waals surface area contributed by atoms with Gasteiger partial charge in [0.05, 0.1) is 12.8 Å². The lowest BCUT2D eigenvalue weighted by Gasteiger charge is -2.12. The number of anilines is 2. The Kier molecular flexibility index (Phi) is 3.84. The van der Waals surface area contributed by atoms with E-state index in [1.807, 2.05) is 20.8 Å². The number of hydrogen-bond donors (Lipinski definition) is 3. The highest BCUT2D eigenvalue weighted by atomic mass is 16.5. The first-order chi connectivity index (χ1) is 9.81. The fraction of sp³-hybridized carbons (Fsp3) is 0.357. The lowest BCUT2D eigenvalue weighted by molar-refractivity contribution is 0.101. The third kappa shape index (κ3) is 3.31. The van der Waals surface area contributed by atoms with Crippen LogP contribution in [-0.4, -0.2) is 28.2 Å². The first-order valence-corrected chi connectivity index (χ1v) is 6.49. The van der Waals surface area contributed by atoms with E-state index in [-0.39, 0.29) is 11.2 Å². The molecule has 21 heavy (non-hydrogen) atoms. The highest BCUT2D eigenvalue weighted by Crippen LogP contribution is 2.25. The molecule has 1 amide bonds. The highest BCUT2D eigenvalue weighted by molar-refractivity contribution is 6.01. The largest absolute Gasteiger partial charge is 0.495 e. The van der Waals surface area contributed by atoms with Crippen molar-refractivity contribution in [3.05, 3.63) is 29.8 Å². The number of benzene rings is 1. The fourth-order valence-electron chi connectivity index (χ4n) is 1.67. The minimum absolute atomic E-state index is 0.0933. The second kappa shape index (κ2) is 5.43. The zero-order chi connectivity index (χ0) is 15.6. The van der Waals surface area contributed by atoms with E-state index in [4.69, 9.17) is 10.5 Å². The Morgan fingerprint density at radius 2 is 2.10 bits per heavy atom. The summed E-state index contributed by atoms with van der Waals surface area (Å²) in [5.74, 6) is 0.852. The lowest BCUT2D eigenvalue weighted by Crippen LogP contribution is -2.16. The summed E-state index contributed by atoms with van der Waals surface area (Å²) in [5, 5.41) is 9.42. The van der Waals surface area contributed by atoms with Crippen molar-refractivity contribution in [2.24, 2.45) is 0 Å². The summed E-state index contributed by atoms with van der Waals surface area (Å²) in [6.45, 7) is 5.96. The van der Waals surface area contributed by atoms with E-state index < -0.39 is 5.91 Å². The van der Waals surface area contributed by atoms with E-state index >= 15 is 0 Å². The molecule has 7 heteroatoms. The molecular formula is C14H19N5O2. The molecule has 2 rings (SSSR count). The molecule has 0 radical (unpaired) electrons. The number of methoxy groups -OCH3 is 1. The van der Waals surface area contributed by atoms with Gasteiger partial charge < -0.3 is 15.8 Å². The van der Waals surface area contributed by atoms with Gasteiger partial charge in [0, 0.05) is 17.2 Å². The van der Waals surface area contributed by atoms with Gasteiger partial charge in [-0.25, -0.2) is 4.98 Å². The molecule has 0 fully saturated rings. The van der Waals surface area contributed by atoms with Crippen molar-refractivity contribution < 1.29 is 9.53 Å². The summed E-state index contributed by atoms with van der Waals surface area (Å²) in [6.07, 6.45) is 0. The number of carbonyl (C=O) groups is 1. The summed E-state index contributed by atoms with van der Waals surface area (Å²) in [4.78, 5) is 16.3. The number of nitrogens with zero attached hydrogens (tertiary/aromatic N) is 2. The Bertz CT molecular complexity index is 658. The SMILES string of the molecule is COc1cc(NC(=O)c2n[nH]c(C(C)(C)C)n2)ccc1N. The Balaban J connectivity index is 2.16. The van der Waals surface area contributed by atoms with Crippen molar-refractivity contribution in [2.45, 2.75) is 26.2 Å². The zero-order valence-electron chi connectivity index (χ0n) is 12.5. The van der Waals surface area contributed by atoms with Crippen LogP contribution < -0.4 is 15.8 Å². The topological polar surface area (TPSA) is 106 Å². The number of H-pyrrole nitrogens is 1. The molecule has 0 unspecified atom stereocenters. The molecule has 1 heterocycles. The van der Waals surface area contributed by atoms with Crippen molar-refractivity contribution in [2.75, 3.05) is 18.2 Å². The number of aromatic amines is 1. The van der Waals surface area contributed by atoms with E-state index in [0.29, 0.717) is 22.9 Å². The number of carbonyl (C=O) groups excluding carboxylic acids is 1. The van der Waals surface area contributed by atoms with E-state index in [1.54, 1.807) is 18.2 Å². The fourth-order valence-corrected chi connectivity index (χ4v) is 1.67. The Morgan fingerprint density at radius 3 is 2.67 bits per heavy atom. The third-order valence-corrected chi connectivity index (χ3v) is 2.89. The maximum atomic E-state index is 12.1. The standard InChI is InChI=1S/C14H19N5O2/c1-14(2,3)13-17-11(18-19-13)12(20)16-8-5-6-9(15)10(7-8)21-4/h5-7H,15H2,1-4H3,(H,16,20)(H,17,18,19). The van der Waals surface area contributed by atoms with Crippen LogP contribution in [0, 0.1) is 0 Å². The minimum Gasteiger partial charge on any atom is -0.495 e. The van der Waals surface area contributed by atoms with Crippen LogP contribution in [0.5, 0.6) is 5.75 Å². The van der Waals surface area contributed by atoms with Gasteiger partial charge in [-0.2, -0.15) is 0 Å². The molecule has 0 spiro atoms. The van der Waals surface area contributed by atoms with Gasteiger partial charge in [0.2, 0.25) is 5.82 Å². The number of nitrogen functional groups attached to an aromatic ring is 1. The Labute approximate surface area is 122 Å². The molecule has 112 valence electrons. The van der Waals surface area contributed by atoms with Crippen LogP contribution in [-0.2, 0) is 5.41 Å². The van der Waals surface area contributed by atoms with Crippen LogP contribution in [0.3, 0.4) is 0 Å². The normalized spacial score (nSPS) is 11.2. The second-order valence-corrected chi connectivity index (χ2v) is 5.67. The summed E-state index contributed by atoms with van der Waals surface area (Å²) < 4.78 is 5.11. The van der Waals surface area contributed by atoms with Crippen LogP contribution in [0.15, 0.2) is 18.2 Å². The van der Waals surface area contributed by atoms with Crippen LogP contribution in [0.4, 0.5) is 11.4 Å². The molecule has 7 nitrogen and oxygen atoms in total. The third-order valence-electron chi connectivity index (χ3n) is 2.89. The van der Waals surface area contributed by atoms with E-state index in [9.17, 15) is 4.79 Å². The molecule has 0 aliphatic rings. The van der Waals surface area contributed by atoms with Gasteiger partial charge in [0.25, 0.3) is 5.91 Å². The Morgan fingerprint density at radius 1 is 1.38 bits per heavy atom. The molecular weight excluding hydrogens is 270 g/mol. The van der Waals surface area contributed by atoms with Crippen molar-refractivity contribution >= 4 is 17.3 Å². The van der Waals surface area contributed by atoms with E-state index in [0.717, 1.165) is 0 Å². The molecule has 2 aromatic rings. The number of rotatable bonds is 3. The molecule has 0 bridgehead atoms. The van der Waals surface area contributed by atoms with Gasteiger partial charge in [0.15, 0.2) is 0 Å². The van der Waals surface area contributed by atoms with Crippen molar-refractivity contribution in [3.8, 4) is 5.75 Å². The predicted molar refractivity (Wildman–Crippen MR) is 80.4 cm³/mol. The smallest absolute Gasteiger partial charge is 0.295 e. The monoisotopic (exact) mass is 289 g/mol. The average Bonchev–Trinajstić information content (AvgIpc) is 2.90. The number of aromatic nitrogens is 3. The van der Waals surface area contributed by atoms with Crippen LogP contribution in [0.1, 0.15) is 37.2 Å². The summed E-state index contributed by atoms with van der Waals surface area (Å²) in [6, 6.07) is 4.99. The maximum Gasteiger partial charge on any atom is 0.295 e. The Hall–Kier alpha value is -2.57. The maximum absolute atomic E-state index is 12.1. The molecule has 0 aliphatic heterocycles. The van der Waals surface area contributed by atoms with Gasteiger partial charge >= 0.3 is 0 Å². The number of nitrogens with one attached hydrogen (secondary N) is 2. The second-order valence-electron chi connectivity index (χ2n) is 5.67. The van der Waals surface area contributed by atoms with Crippen LogP contribution >= 0.6 is 0 Å². The van der Waals surface area contributed by atoms with Gasteiger partial charge in [-0.15, -0.1) is 5.10 Å². The molecule has 0 aliphatic carbocycles. The van der Waals surface area contributed by atoms with E-state index in [2.05, 4.69) is 20.5 Å². The van der Waals surface area contributed by atoms with Gasteiger partial charge in [0.1, 0.15) is 11.6 Å².